The molecule has 1 aliphatic rings. The lowest BCUT2D eigenvalue weighted by Gasteiger charge is -2.23. The monoisotopic (exact) mass is 429 g/mol. The van der Waals surface area contributed by atoms with Crippen LogP contribution in [0.3, 0.4) is 0 Å². The highest BCUT2D eigenvalue weighted by molar-refractivity contribution is 8.14. The third-order valence-corrected chi connectivity index (χ3v) is 5.16. The van der Waals surface area contributed by atoms with E-state index in [9.17, 15) is 9.59 Å². The van der Waals surface area contributed by atoms with Gasteiger partial charge in [-0.15, -0.1) is 0 Å². The number of anilines is 1. The largest absolute Gasteiger partial charge is 0.493 e. The molecule has 2 aromatic carbocycles. The molecule has 1 N–H and O–H groups in total. The van der Waals surface area contributed by atoms with E-state index in [0.717, 1.165) is 16.8 Å². The molecule has 0 aromatic heterocycles. The van der Waals surface area contributed by atoms with Crippen LogP contribution in [0.4, 0.5) is 15.3 Å². The minimum atomic E-state index is -0.520. The van der Waals surface area contributed by atoms with Crippen LogP contribution in [0.1, 0.15) is 18.1 Å². The Morgan fingerprint density at radius 1 is 1.17 bits per heavy atom. The summed E-state index contributed by atoms with van der Waals surface area (Å²) in [6.45, 7) is 2.31. The van der Waals surface area contributed by atoms with Gasteiger partial charge in [-0.1, -0.05) is 23.9 Å². The average Bonchev–Trinajstić information content (AvgIpc) is 2.75. The summed E-state index contributed by atoms with van der Waals surface area (Å²) in [5.74, 6) is 1.70. The number of amides is 2. The molecule has 1 aliphatic heterocycles. The summed E-state index contributed by atoms with van der Waals surface area (Å²) >= 11 is 1.19. The molecule has 0 fully saturated rings. The number of nitrogens with zero attached hydrogens (tertiary/aromatic N) is 2. The van der Waals surface area contributed by atoms with Crippen LogP contribution in [0.5, 0.6) is 11.5 Å². The van der Waals surface area contributed by atoms with E-state index in [1.807, 2.05) is 24.3 Å². The van der Waals surface area contributed by atoms with Gasteiger partial charge >= 0.3 is 11.3 Å². The zero-order chi connectivity index (χ0) is 21.5. The van der Waals surface area contributed by atoms with Crippen molar-refractivity contribution in [3.8, 4) is 11.5 Å². The van der Waals surface area contributed by atoms with E-state index in [-0.39, 0.29) is 11.8 Å². The molecule has 0 saturated heterocycles. The summed E-state index contributed by atoms with van der Waals surface area (Å²) in [6.07, 6.45) is -0.520. The summed E-state index contributed by atoms with van der Waals surface area (Å²) in [5.41, 5.74) is 3.04. The SMILES string of the molecule is CCOC(=O)Nc1cccc(CN2N=C(c3ccc(OC)c(OC)c3)CSC2=O)c1. The molecule has 0 atom stereocenters. The third-order valence-electron chi connectivity index (χ3n) is 4.28. The van der Waals surface area contributed by atoms with Gasteiger partial charge in [-0.3, -0.25) is 10.1 Å². The van der Waals surface area contributed by atoms with E-state index in [0.29, 0.717) is 29.5 Å². The Labute approximate surface area is 179 Å². The fourth-order valence-corrected chi connectivity index (χ4v) is 3.62. The molecule has 158 valence electrons. The summed E-state index contributed by atoms with van der Waals surface area (Å²) in [5, 5.41) is 8.49. The molecule has 1 heterocycles. The van der Waals surface area contributed by atoms with Gasteiger partial charge in [-0.25, -0.2) is 9.80 Å². The molecule has 9 heteroatoms. The molecule has 0 unspecified atom stereocenters. The van der Waals surface area contributed by atoms with Gasteiger partial charge in [0.25, 0.3) is 0 Å². The standard InChI is InChI=1S/C21H23N3O5S/c1-4-29-20(25)22-16-7-5-6-14(10-16)12-24-21(26)30-13-17(23-24)15-8-9-18(27-2)19(11-15)28-3/h5-11H,4,12-13H2,1-3H3,(H,22,25). The first kappa shape index (κ1) is 21.5. The van der Waals surface area contributed by atoms with Crippen molar-refractivity contribution in [2.24, 2.45) is 5.10 Å². The molecule has 2 amide bonds. The van der Waals surface area contributed by atoms with Crippen molar-refractivity contribution in [1.29, 1.82) is 0 Å². The van der Waals surface area contributed by atoms with Crippen molar-refractivity contribution in [1.82, 2.24) is 5.01 Å². The molecule has 3 rings (SSSR count). The van der Waals surface area contributed by atoms with Crippen LogP contribution >= 0.6 is 11.8 Å². The number of nitrogens with one attached hydrogen (secondary N) is 1. The highest BCUT2D eigenvalue weighted by atomic mass is 32.2. The molecule has 0 saturated carbocycles. The fraction of sp³-hybridized carbons (Fsp3) is 0.286. The lowest BCUT2D eigenvalue weighted by molar-refractivity contribution is 0.168. The van der Waals surface area contributed by atoms with Gasteiger partial charge in [0.15, 0.2) is 11.5 Å². The molecular weight excluding hydrogens is 406 g/mol. The minimum Gasteiger partial charge on any atom is -0.493 e. The topological polar surface area (TPSA) is 89.5 Å². The van der Waals surface area contributed by atoms with Crippen LogP contribution in [0.15, 0.2) is 47.6 Å². The van der Waals surface area contributed by atoms with E-state index in [2.05, 4.69) is 10.4 Å². The van der Waals surface area contributed by atoms with Crippen LogP contribution in [-0.2, 0) is 11.3 Å². The molecule has 0 radical (unpaired) electrons. The molecule has 0 bridgehead atoms. The number of methoxy groups -OCH3 is 2. The first-order valence-corrected chi connectivity index (χ1v) is 10.3. The van der Waals surface area contributed by atoms with Gasteiger partial charge in [0.05, 0.1) is 33.1 Å². The Hall–Kier alpha value is -3.20. The van der Waals surface area contributed by atoms with Crippen LogP contribution < -0.4 is 14.8 Å². The molecular formula is C21H23N3O5S. The lowest BCUT2D eigenvalue weighted by Crippen LogP contribution is -2.29. The number of hydrazone groups is 1. The normalized spacial score (nSPS) is 13.5. The summed E-state index contributed by atoms with van der Waals surface area (Å²) in [6, 6.07) is 12.8. The Morgan fingerprint density at radius 3 is 2.70 bits per heavy atom. The Balaban J connectivity index is 1.79. The number of ether oxygens (including phenoxy) is 3. The van der Waals surface area contributed by atoms with Crippen LogP contribution in [0, 0.1) is 0 Å². The number of carbonyl (C=O) groups is 2. The van der Waals surface area contributed by atoms with Crippen molar-refractivity contribution in [3.05, 3.63) is 53.6 Å². The smallest absolute Gasteiger partial charge is 0.411 e. The second-order valence-corrected chi connectivity index (χ2v) is 7.20. The minimum absolute atomic E-state index is 0.136. The first-order valence-electron chi connectivity index (χ1n) is 9.31. The van der Waals surface area contributed by atoms with E-state index in [1.54, 1.807) is 39.3 Å². The van der Waals surface area contributed by atoms with Gasteiger partial charge in [0.2, 0.25) is 0 Å². The highest BCUT2D eigenvalue weighted by Gasteiger charge is 2.23. The average molecular weight is 429 g/mol. The Kier molecular flexibility index (Phi) is 7.18. The fourth-order valence-electron chi connectivity index (χ4n) is 2.88. The van der Waals surface area contributed by atoms with Crippen LogP contribution in [-0.4, -0.2) is 48.6 Å². The Morgan fingerprint density at radius 2 is 1.97 bits per heavy atom. The number of carbonyl (C=O) groups excluding carboxylic acids is 2. The summed E-state index contributed by atoms with van der Waals surface area (Å²) in [4.78, 5) is 24.0. The molecule has 2 aromatic rings. The number of hydrogen-bond donors (Lipinski definition) is 1. The second-order valence-electron chi connectivity index (χ2n) is 6.27. The van der Waals surface area contributed by atoms with Gasteiger partial charge in [-0.2, -0.15) is 5.10 Å². The quantitative estimate of drug-likeness (QED) is 0.704. The number of thioether (sulfide) groups is 1. The van der Waals surface area contributed by atoms with Crippen LogP contribution in [0.2, 0.25) is 0 Å². The Bertz CT molecular complexity index is 963. The summed E-state index contributed by atoms with van der Waals surface area (Å²) < 4.78 is 15.5. The zero-order valence-corrected chi connectivity index (χ0v) is 17.8. The molecule has 8 nitrogen and oxygen atoms in total. The van der Waals surface area contributed by atoms with Gasteiger partial charge in [-0.05, 0) is 42.8 Å². The zero-order valence-electron chi connectivity index (χ0n) is 17.0. The molecule has 0 aliphatic carbocycles. The predicted molar refractivity (Wildman–Crippen MR) is 117 cm³/mol. The predicted octanol–water partition coefficient (Wildman–Crippen LogP) is 4.35. The number of hydrogen-bond acceptors (Lipinski definition) is 7. The van der Waals surface area contributed by atoms with Crippen molar-refractivity contribution in [2.75, 3.05) is 31.9 Å². The number of rotatable bonds is 7. The maximum absolute atomic E-state index is 12.4. The highest BCUT2D eigenvalue weighted by Crippen LogP contribution is 2.30. The van der Waals surface area contributed by atoms with Crippen LogP contribution in [0.25, 0.3) is 0 Å². The molecule has 0 spiro atoms. The first-order chi connectivity index (χ1) is 14.5. The van der Waals surface area contributed by atoms with Crippen molar-refractivity contribution in [3.63, 3.8) is 0 Å². The van der Waals surface area contributed by atoms with E-state index < -0.39 is 6.09 Å². The third kappa shape index (κ3) is 5.24. The van der Waals surface area contributed by atoms with E-state index >= 15 is 0 Å². The van der Waals surface area contributed by atoms with Crippen molar-refractivity contribution in [2.45, 2.75) is 13.5 Å². The number of benzene rings is 2. The maximum Gasteiger partial charge on any atom is 0.411 e. The summed E-state index contributed by atoms with van der Waals surface area (Å²) in [7, 11) is 3.16. The second kappa shape index (κ2) is 10.0. The maximum atomic E-state index is 12.4. The van der Waals surface area contributed by atoms with Gasteiger partial charge < -0.3 is 14.2 Å². The van der Waals surface area contributed by atoms with Crippen molar-refractivity contribution < 1.29 is 23.8 Å². The van der Waals surface area contributed by atoms with E-state index in [4.69, 9.17) is 14.2 Å². The van der Waals surface area contributed by atoms with Gasteiger partial charge in [0.1, 0.15) is 0 Å². The lowest BCUT2D eigenvalue weighted by atomic mass is 10.1. The van der Waals surface area contributed by atoms with Gasteiger partial charge in [0, 0.05) is 17.0 Å². The molecule has 30 heavy (non-hydrogen) atoms. The van der Waals surface area contributed by atoms with Crippen molar-refractivity contribution >= 4 is 34.5 Å². The van der Waals surface area contributed by atoms with E-state index in [1.165, 1.54) is 16.8 Å².